The number of methoxy groups -OCH3 is 1. The number of anilines is 2. The van der Waals surface area contributed by atoms with Crippen molar-refractivity contribution in [1.82, 2.24) is 5.32 Å². The number of carbonyl (C=O) groups excluding carboxylic acids is 2. The molecule has 0 aliphatic carbocycles. The Labute approximate surface area is 122 Å². The molecule has 1 amide bonds. The molecule has 0 fully saturated rings. The van der Waals surface area contributed by atoms with Gasteiger partial charge in [-0.1, -0.05) is 6.92 Å². The molecule has 0 aliphatic rings. The van der Waals surface area contributed by atoms with Gasteiger partial charge < -0.3 is 20.7 Å². The van der Waals surface area contributed by atoms with Gasteiger partial charge in [0.1, 0.15) is 5.00 Å². The van der Waals surface area contributed by atoms with Crippen LogP contribution in [0.3, 0.4) is 0 Å². The lowest BCUT2D eigenvalue weighted by molar-refractivity contribution is 0.0964. The number of ether oxygens (including phenoxy) is 1. The van der Waals surface area contributed by atoms with Crippen molar-refractivity contribution in [3.8, 4) is 0 Å². The number of thiophene rings is 1. The maximum Gasteiger partial charge on any atom is 0.256 e. The summed E-state index contributed by atoms with van der Waals surface area (Å²) in [5.41, 5.74) is 6.63. The summed E-state index contributed by atoms with van der Waals surface area (Å²) in [7, 11) is 5.00. The summed E-state index contributed by atoms with van der Waals surface area (Å²) in [5, 5.41) is 3.25. The van der Waals surface area contributed by atoms with Crippen LogP contribution in [0, 0.1) is 0 Å². The van der Waals surface area contributed by atoms with E-state index >= 15 is 0 Å². The molecule has 1 heterocycles. The average molecular weight is 299 g/mol. The minimum Gasteiger partial charge on any atom is -0.397 e. The number of carbonyl (C=O) groups is 2. The minimum absolute atomic E-state index is 0.0518. The van der Waals surface area contributed by atoms with Crippen molar-refractivity contribution >= 4 is 33.7 Å². The molecule has 1 rings (SSSR count). The van der Waals surface area contributed by atoms with Gasteiger partial charge in [-0.25, -0.2) is 0 Å². The summed E-state index contributed by atoms with van der Waals surface area (Å²) >= 11 is 1.26. The van der Waals surface area contributed by atoms with Crippen LogP contribution in [0.25, 0.3) is 0 Å². The van der Waals surface area contributed by atoms with E-state index in [0.717, 1.165) is 0 Å². The molecule has 0 radical (unpaired) electrons. The van der Waals surface area contributed by atoms with E-state index in [1.54, 1.807) is 21.1 Å². The maximum atomic E-state index is 12.0. The number of nitrogen functional groups attached to an aromatic ring is 1. The van der Waals surface area contributed by atoms with Gasteiger partial charge in [0.05, 0.1) is 22.7 Å². The fraction of sp³-hybridized carbons (Fsp3) is 0.538. The Balaban J connectivity index is 3.26. The zero-order chi connectivity index (χ0) is 15.3. The highest BCUT2D eigenvalue weighted by atomic mass is 32.1. The smallest absolute Gasteiger partial charge is 0.256 e. The van der Waals surface area contributed by atoms with Gasteiger partial charge in [-0.15, -0.1) is 11.3 Å². The van der Waals surface area contributed by atoms with E-state index in [2.05, 4.69) is 5.32 Å². The summed E-state index contributed by atoms with van der Waals surface area (Å²) in [6.45, 7) is 2.91. The van der Waals surface area contributed by atoms with E-state index in [4.69, 9.17) is 10.5 Å². The summed E-state index contributed by atoms with van der Waals surface area (Å²) in [4.78, 5) is 26.2. The molecule has 0 unspecified atom stereocenters. The summed E-state index contributed by atoms with van der Waals surface area (Å²) < 4.78 is 5.03. The monoisotopic (exact) mass is 299 g/mol. The number of nitrogens with zero attached hydrogens (tertiary/aromatic N) is 1. The van der Waals surface area contributed by atoms with E-state index < -0.39 is 0 Å². The SMILES string of the molecule is CCC(=O)c1sc(N(C)CCOC)c(C(=O)NC)c1N. The van der Waals surface area contributed by atoms with Crippen molar-refractivity contribution in [3.05, 3.63) is 10.4 Å². The van der Waals surface area contributed by atoms with Gasteiger partial charge in [-0.05, 0) is 0 Å². The number of amides is 1. The van der Waals surface area contributed by atoms with Crippen molar-refractivity contribution in [2.45, 2.75) is 13.3 Å². The molecule has 0 atom stereocenters. The largest absolute Gasteiger partial charge is 0.397 e. The van der Waals surface area contributed by atoms with Crippen molar-refractivity contribution < 1.29 is 14.3 Å². The third-order valence-corrected chi connectivity index (χ3v) is 4.29. The third kappa shape index (κ3) is 3.29. The van der Waals surface area contributed by atoms with Crippen LogP contribution in [0.15, 0.2) is 0 Å². The van der Waals surface area contributed by atoms with E-state index in [-0.39, 0.29) is 17.4 Å². The van der Waals surface area contributed by atoms with Crippen LogP contribution in [0.5, 0.6) is 0 Å². The quantitative estimate of drug-likeness (QED) is 0.743. The number of likely N-dealkylation sites (N-methyl/N-ethyl adjacent to an activating group) is 1. The molecule has 1 aromatic rings. The first-order valence-corrected chi connectivity index (χ1v) is 7.17. The second-order valence-electron chi connectivity index (χ2n) is 4.30. The van der Waals surface area contributed by atoms with E-state index in [0.29, 0.717) is 35.0 Å². The first-order chi connectivity index (χ1) is 9.47. The van der Waals surface area contributed by atoms with Crippen LogP contribution in [0.2, 0.25) is 0 Å². The molecular formula is C13H21N3O3S. The molecule has 0 saturated heterocycles. The Morgan fingerprint density at radius 1 is 1.45 bits per heavy atom. The normalized spacial score (nSPS) is 10.4. The van der Waals surface area contributed by atoms with Crippen molar-refractivity contribution in [3.63, 3.8) is 0 Å². The highest BCUT2D eigenvalue weighted by molar-refractivity contribution is 7.19. The van der Waals surface area contributed by atoms with Gasteiger partial charge in [-0.2, -0.15) is 0 Å². The van der Waals surface area contributed by atoms with Gasteiger partial charge in [0.15, 0.2) is 5.78 Å². The Morgan fingerprint density at radius 2 is 2.10 bits per heavy atom. The molecule has 0 aromatic carbocycles. The van der Waals surface area contributed by atoms with Crippen LogP contribution in [0.4, 0.5) is 10.7 Å². The molecule has 6 nitrogen and oxygen atoms in total. The minimum atomic E-state index is -0.284. The third-order valence-electron chi connectivity index (χ3n) is 2.93. The van der Waals surface area contributed by atoms with Crippen molar-refractivity contribution in [2.75, 3.05) is 45.0 Å². The van der Waals surface area contributed by atoms with Gasteiger partial charge in [0.25, 0.3) is 5.91 Å². The zero-order valence-electron chi connectivity index (χ0n) is 12.3. The van der Waals surface area contributed by atoms with Crippen LogP contribution >= 0.6 is 11.3 Å². The first kappa shape index (κ1) is 16.5. The van der Waals surface area contributed by atoms with E-state index in [1.165, 1.54) is 11.3 Å². The second kappa shape index (κ2) is 7.25. The molecule has 1 aromatic heterocycles. The molecule has 0 spiro atoms. The average Bonchev–Trinajstić information content (AvgIpc) is 2.80. The van der Waals surface area contributed by atoms with Crippen LogP contribution in [-0.4, -0.2) is 46.0 Å². The Morgan fingerprint density at radius 3 is 2.60 bits per heavy atom. The molecular weight excluding hydrogens is 278 g/mol. The van der Waals surface area contributed by atoms with Gasteiger partial charge in [0.2, 0.25) is 0 Å². The predicted octanol–water partition coefficient (Wildman–Crippen LogP) is 1.37. The van der Waals surface area contributed by atoms with Crippen LogP contribution < -0.4 is 16.0 Å². The molecule has 0 bridgehead atoms. The standard InChI is InChI=1S/C13H21N3O3S/c1-5-8(17)11-10(14)9(12(18)15-2)13(20-11)16(3)6-7-19-4/h5-7,14H2,1-4H3,(H,15,18). The van der Waals surface area contributed by atoms with Gasteiger partial charge in [0, 0.05) is 34.2 Å². The summed E-state index contributed by atoms with van der Waals surface area (Å²) in [6.07, 6.45) is 0.360. The number of nitrogens with one attached hydrogen (secondary N) is 1. The lowest BCUT2D eigenvalue weighted by atomic mass is 10.1. The molecule has 0 aliphatic heterocycles. The molecule has 0 saturated carbocycles. The Hall–Kier alpha value is -1.60. The number of hydrogen-bond acceptors (Lipinski definition) is 6. The van der Waals surface area contributed by atoms with Crippen molar-refractivity contribution in [2.24, 2.45) is 0 Å². The molecule has 112 valence electrons. The highest BCUT2D eigenvalue weighted by Gasteiger charge is 2.26. The topological polar surface area (TPSA) is 84.7 Å². The lowest BCUT2D eigenvalue weighted by Crippen LogP contribution is -2.26. The first-order valence-electron chi connectivity index (χ1n) is 6.35. The van der Waals surface area contributed by atoms with Crippen molar-refractivity contribution in [1.29, 1.82) is 0 Å². The summed E-state index contributed by atoms with van der Waals surface area (Å²) in [6, 6.07) is 0. The van der Waals surface area contributed by atoms with Crippen LogP contribution in [-0.2, 0) is 4.74 Å². The number of nitrogens with two attached hydrogens (primary N) is 1. The van der Waals surface area contributed by atoms with E-state index in [9.17, 15) is 9.59 Å². The van der Waals surface area contributed by atoms with E-state index in [1.807, 2.05) is 11.9 Å². The Bertz CT molecular complexity index is 499. The molecule has 3 N–H and O–H groups in total. The predicted molar refractivity (Wildman–Crippen MR) is 81.9 cm³/mol. The van der Waals surface area contributed by atoms with Gasteiger partial charge in [-0.3, -0.25) is 9.59 Å². The lowest BCUT2D eigenvalue weighted by Gasteiger charge is -2.18. The fourth-order valence-corrected chi connectivity index (χ4v) is 2.96. The number of Topliss-reactive ketones (excluding diaryl/α,β-unsaturated/α-hetero) is 1. The Kier molecular flexibility index (Phi) is 5.97. The maximum absolute atomic E-state index is 12.0. The van der Waals surface area contributed by atoms with Gasteiger partial charge >= 0.3 is 0 Å². The molecule has 7 heteroatoms. The number of ketones is 1. The highest BCUT2D eigenvalue weighted by Crippen LogP contribution is 2.38. The fourth-order valence-electron chi connectivity index (χ4n) is 1.74. The molecule has 20 heavy (non-hydrogen) atoms. The van der Waals surface area contributed by atoms with Crippen LogP contribution in [0.1, 0.15) is 33.4 Å². The second-order valence-corrected chi connectivity index (χ2v) is 5.29. The zero-order valence-corrected chi connectivity index (χ0v) is 13.1. The summed E-state index contributed by atoms with van der Waals surface area (Å²) in [5.74, 6) is -0.336. The number of rotatable bonds is 7. The number of hydrogen-bond donors (Lipinski definition) is 2.